The predicted octanol–water partition coefficient (Wildman–Crippen LogP) is 2.26. The molecule has 1 aromatic heterocycles. The summed E-state index contributed by atoms with van der Waals surface area (Å²) in [7, 11) is 1.62. The third-order valence-electron chi connectivity index (χ3n) is 2.76. The van der Waals surface area contributed by atoms with Gasteiger partial charge in [-0.15, -0.1) is 0 Å². The van der Waals surface area contributed by atoms with E-state index in [2.05, 4.69) is 43.5 Å². The maximum absolute atomic E-state index is 10.2. The van der Waals surface area contributed by atoms with Gasteiger partial charge in [-0.05, 0) is 29.3 Å². The molecule has 0 fully saturated rings. The van der Waals surface area contributed by atoms with E-state index in [-0.39, 0.29) is 0 Å². The molecule has 0 aliphatic rings. The first-order chi connectivity index (χ1) is 9.48. The van der Waals surface area contributed by atoms with Crippen molar-refractivity contribution in [1.29, 1.82) is 0 Å². The van der Waals surface area contributed by atoms with Gasteiger partial charge in [0.15, 0.2) is 0 Å². The number of methoxy groups -OCH3 is 1. The number of hydrogen-bond acceptors (Lipinski definition) is 6. The van der Waals surface area contributed by atoms with Crippen LogP contribution in [0.5, 0.6) is 0 Å². The van der Waals surface area contributed by atoms with Gasteiger partial charge in [0.05, 0.1) is 10.1 Å². The summed E-state index contributed by atoms with van der Waals surface area (Å²) >= 11 is 3.40. The Balaban J connectivity index is 2.61. The molecule has 0 radical (unpaired) electrons. The molecule has 6 nitrogen and oxygen atoms in total. The van der Waals surface area contributed by atoms with Crippen molar-refractivity contribution in [2.75, 3.05) is 37.4 Å². The highest BCUT2D eigenvalue weighted by atomic mass is 79.9. The number of hydrogen-bond donors (Lipinski definition) is 3. The number of anilines is 2. The smallest absolute Gasteiger partial charge is 0.224 e. The standard InChI is InChI=1S/C13H23BrN4O2/c1-4-6-15-12-16-8-10(14)11(18-12)17-9-13(2,19)5-7-20-3/h8,19H,4-7,9H2,1-3H3,(H2,15,16,17,18). The van der Waals surface area contributed by atoms with Crippen LogP contribution in [0.1, 0.15) is 26.7 Å². The highest BCUT2D eigenvalue weighted by Gasteiger charge is 2.20. The first-order valence-electron chi connectivity index (χ1n) is 6.70. The summed E-state index contributed by atoms with van der Waals surface area (Å²) in [5, 5.41) is 16.5. The number of nitrogens with one attached hydrogen (secondary N) is 2. The van der Waals surface area contributed by atoms with Gasteiger partial charge in [-0.25, -0.2) is 4.98 Å². The normalized spacial score (nSPS) is 13.8. The van der Waals surface area contributed by atoms with Crippen LogP contribution < -0.4 is 10.6 Å². The van der Waals surface area contributed by atoms with Crippen LogP contribution >= 0.6 is 15.9 Å². The number of aromatic nitrogens is 2. The molecule has 0 amide bonds. The topological polar surface area (TPSA) is 79.3 Å². The average Bonchev–Trinajstić information content (AvgIpc) is 2.43. The van der Waals surface area contributed by atoms with Gasteiger partial charge in [0, 0.05) is 39.4 Å². The van der Waals surface area contributed by atoms with Gasteiger partial charge >= 0.3 is 0 Å². The molecular weight excluding hydrogens is 324 g/mol. The Labute approximate surface area is 128 Å². The van der Waals surface area contributed by atoms with Gasteiger partial charge in [0.2, 0.25) is 5.95 Å². The van der Waals surface area contributed by atoms with Crippen LogP contribution in [0.25, 0.3) is 0 Å². The summed E-state index contributed by atoms with van der Waals surface area (Å²) in [5.41, 5.74) is -0.850. The molecule has 0 saturated carbocycles. The van der Waals surface area contributed by atoms with E-state index in [0.717, 1.165) is 17.4 Å². The fraction of sp³-hybridized carbons (Fsp3) is 0.692. The summed E-state index contributed by atoms with van der Waals surface area (Å²) in [6.45, 7) is 5.58. The third-order valence-corrected chi connectivity index (χ3v) is 3.34. The Kier molecular flexibility index (Phi) is 7.18. The summed E-state index contributed by atoms with van der Waals surface area (Å²) in [5.74, 6) is 1.24. The molecule has 0 saturated heterocycles. The number of aliphatic hydroxyl groups is 1. The Hall–Kier alpha value is -0.920. The number of nitrogens with zero attached hydrogens (tertiary/aromatic N) is 2. The van der Waals surface area contributed by atoms with Crippen LogP contribution in [0, 0.1) is 0 Å². The Morgan fingerprint density at radius 3 is 2.85 bits per heavy atom. The van der Waals surface area contributed by atoms with Crippen LogP contribution in [-0.2, 0) is 4.74 Å². The van der Waals surface area contributed by atoms with Gasteiger partial charge in [-0.3, -0.25) is 0 Å². The van der Waals surface area contributed by atoms with Crippen LogP contribution in [0.2, 0.25) is 0 Å². The van der Waals surface area contributed by atoms with Gasteiger partial charge < -0.3 is 20.5 Å². The number of rotatable bonds is 9. The first-order valence-corrected chi connectivity index (χ1v) is 7.49. The summed E-state index contributed by atoms with van der Waals surface area (Å²) in [6.07, 6.45) is 3.26. The Morgan fingerprint density at radius 2 is 2.20 bits per heavy atom. The second-order valence-corrected chi connectivity index (χ2v) is 5.76. The molecular formula is C13H23BrN4O2. The lowest BCUT2D eigenvalue weighted by Gasteiger charge is -2.23. The largest absolute Gasteiger partial charge is 0.388 e. The van der Waals surface area contributed by atoms with Crippen LogP contribution in [0.4, 0.5) is 11.8 Å². The monoisotopic (exact) mass is 346 g/mol. The minimum Gasteiger partial charge on any atom is -0.388 e. The lowest BCUT2D eigenvalue weighted by molar-refractivity contribution is 0.0357. The van der Waals surface area contributed by atoms with E-state index in [4.69, 9.17) is 4.74 Å². The predicted molar refractivity (Wildman–Crippen MR) is 84.1 cm³/mol. The quantitative estimate of drug-likeness (QED) is 0.636. The maximum atomic E-state index is 10.2. The molecule has 1 atom stereocenters. The van der Waals surface area contributed by atoms with Gasteiger partial charge in [0.1, 0.15) is 5.82 Å². The lowest BCUT2D eigenvalue weighted by atomic mass is 10.0. The molecule has 1 unspecified atom stereocenters. The summed E-state index contributed by atoms with van der Waals surface area (Å²) < 4.78 is 5.75. The zero-order valence-electron chi connectivity index (χ0n) is 12.2. The molecule has 114 valence electrons. The van der Waals surface area contributed by atoms with Crippen molar-refractivity contribution in [2.45, 2.75) is 32.3 Å². The van der Waals surface area contributed by atoms with Crippen molar-refractivity contribution >= 4 is 27.7 Å². The SMILES string of the molecule is CCCNc1ncc(Br)c(NCC(C)(O)CCOC)n1. The van der Waals surface area contributed by atoms with Crippen molar-refractivity contribution in [1.82, 2.24) is 9.97 Å². The molecule has 0 aliphatic heterocycles. The summed E-state index contributed by atoms with van der Waals surface area (Å²) in [4.78, 5) is 8.55. The van der Waals surface area contributed by atoms with Crippen molar-refractivity contribution in [3.8, 4) is 0 Å². The Morgan fingerprint density at radius 1 is 1.45 bits per heavy atom. The molecule has 3 N–H and O–H groups in total. The van der Waals surface area contributed by atoms with E-state index in [1.54, 1.807) is 20.2 Å². The molecule has 20 heavy (non-hydrogen) atoms. The highest BCUT2D eigenvalue weighted by molar-refractivity contribution is 9.10. The zero-order chi connectivity index (χ0) is 15.0. The fourth-order valence-corrected chi connectivity index (χ4v) is 1.83. The number of halogens is 1. The van der Waals surface area contributed by atoms with E-state index in [1.807, 2.05) is 0 Å². The minimum atomic E-state index is -0.850. The molecule has 1 aromatic rings. The number of ether oxygens (including phenoxy) is 1. The van der Waals surface area contributed by atoms with E-state index in [1.165, 1.54) is 0 Å². The van der Waals surface area contributed by atoms with E-state index in [9.17, 15) is 5.11 Å². The van der Waals surface area contributed by atoms with Crippen LogP contribution in [-0.4, -0.2) is 47.5 Å². The van der Waals surface area contributed by atoms with E-state index >= 15 is 0 Å². The molecule has 7 heteroatoms. The van der Waals surface area contributed by atoms with Crippen molar-refractivity contribution in [3.05, 3.63) is 10.7 Å². The average molecular weight is 347 g/mol. The molecule has 0 aromatic carbocycles. The van der Waals surface area contributed by atoms with Crippen LogP contribution in [0.3, 0.4) is 0 Å². The second kappa shape index (κ2) is 8.39. The first kappa shape index (κ1) is 17.1. The van der Waals surface area contributed by atoms with Crippen molar-refractivity contribution in [2.24, 2.45) is 0 Å². The van der Waals surface area contributed by atoms with Gasteiger partial charge in [-0.2, -0.15) is 4.98 Å². The van der Waals surface area contributed by atoms with Gasteiger partial charge in [-0.1, -0.05) is 6.92 Å². The molecule has 0 aliphatic carbocycles. The minimum absolute atomic E-state index is 0.388. The molecule has 0 spiro atoms. The van der Waals surface area contributed by atoms with E-state index < -0.39 is 5.60 Å². The fourth-order valence-electron chi connectivity index (χ4n) is 1.50. The lowest BCUT2D eigenvalue weighted by Crippen LogP contribution is -2.35. The zero-order valence-corrected chi connectivity index (χ0v) is 13.8. The highest BCUT2D eigenvalue weighted by Crippen LogP contribution is 2.21. The van der Waals surface area contributed by atoms with E-state index in [0.29, 0.717) is 31.3 Å². The van der Waals surface area contributed by atoms with Gasteiger partial charge in [0.25, 0.3) is 0 Å². The Bertz CT molecular complexity index is 415. The molecule has 0 bridgehead atoms. The van der Waals surface area contributed by atoms with Crippen LogP contribution in [0.15, 0.2) is 10.7 Å². The molecule has 1 rings (SSSR count). The van der Waals surface area contributed by atoms with Crippen molar-refractivity contribution < 1.29 is 9.84 Å². The summed E-state index contributed by atoms with van der Waals surface area (Å²) in [6, 6.07) is 0. The third kappa shape index (κ3) is 6.02. The maximum Gasteiger partial charge on any atom is 0.224 e. The van der Waals surface area contributed by atoms with Crippen molar-refractivity contribution in [3.63, 3.8) is 0 Å². The second-order valence-electron chi connectivity index (χ2n) is 4.91. The molecule has 1 heterocycles.